The van der Waals surface area contributed by atoms with Gasteiger partial charge in [0.15, 0.2) is 0 Å². The number of benzene rings is 3. The molecule has 1 unspecified atom stereocenters. The molecule has 1 N–H and O–H groups in total. The predicted octanol–water partition coefficient (Wildman–Crippen LogP) is 5.83. The molecule has 0 aliphatic rings. The highest BCUT2D eigenvalue weighted by Gasteiger charge is 2.25. The topological polar surface area (TPSA) is 95.7 Å². The molecule has 41 heavy (non-hydrogen) atoms. The van der Waals surface area contributed by atoms with E-state index in [2.05, 4.69) is 16.4 Å². The molecule has 0 bridgehead atoms. The summed E-state index contributed by atoms with van der Waals surface area (Å²) in [6.07, 6.45) is 3.49. The number of aromatic nitrogens is 3. The van der Waals surface area contributed by atoms with Gasteiger partial charge in [0, 0.05) is 13.2 Å². The molecule has 4 rings (SSSR count). The Balaban J connectivity index is 1.34. The Kier molecular flexibility index (Phi) is 10.9. The molecule has 1 aromatic heterocycles. The second kappa shape index (κ2) is 14.8. The highest BCUT2D eigenvalue weighted by atomic mass is 16.5. The van der Waals surface area contributed by atoms with Gasteiger partial charge < -0.3 is 19.3 Å². The summed E-state index contributed by atoms with van der Waals surface area (Å²) in [6.45, 7) is 8.15. The van der Waals surface area contributed by atoms with E-state index in [4.69, 9.17) is 14.2 Å². The molecule has 0 saturated carbocycles. The van der Waals surface area contributed by atoms with Gasteiger partial charge in [0.1, 0.15) is 11.3 Å². The minimum absolute atomic E-state index is 0.0694. The number of fused-ring (bicyclic) bond motifs is 1. The number of methoxy groups -OCH3 is 1. The summed E-state index contributed by atoms with van der Waals surface area (Å²) in [5, 5.41) is 18.7. The number of unbranched alkanes of at least 4 members (excludes halogenated alkanes) is 2. The fraction of sp³-hybridized carbons (Fsp3) is 0.424. The zero-order valence-corrected chi connectivity index (χ0v) is 24.6. The SMILES string of the molecule is CCOC(=O)C(Cc1ccc2c(nnn2CCCCCOCc2ccc(OC)cc2)c1C)c1ccc(C)c(CO)c1. The number of ether oxygens (including phenoxy) is 3. The van der Waals surface area contributed by atoms with Gasteiger partial charge in [-0.2, -0.15) is 0 Å². The Morgan fingerprint density at radius 1 is 1.00 bits per heavy atom. The lowest BCUT2D eigenvalue weighted by Crippen LogP contribution is -2.19. The van der Waals surface area contributed by atoms with Gasteiger partial charge in [0.05, 0.1) is 38.4 Å². The van der Waals surface area contributed by atoms with Gasteiger partial charge in [-0.15, -0.1) is 5.10 Å². The highest BCUT2D eigenvalue weighted by molar-refractivity contribution is 5.81. The first-order valence-corrected chi connectivity index (χ1v) is 14.3. The van der Waals surface area contributed by atoms with E-state index < -0.39 is 5.92 Å². The van der Waals surface area contributed by atoms with Gasteiger partial charge in [-0.05, 0) is 98.0 Å². The van der Waals surface area contributed by atoms with E-state index in [9.17, 15) is 9.90 Å². The van der Waals surface area contributed by atoms with Crippen LogP contribution >= 0.6 is 0 Å². The second-order valence-electron chi connectivity index (χ2n) is 10.3. The van der Waals surface area contributed by atoms with Gasteiger partial charge >= 0.3 is 5.97 Å². The van der Waals surface area contributed by atoms with Crippen LogP contribution in [0.25, 0.3) is 11.0 Å². The van der Waals surface area contributed by atoms with Crippen molar-refractivity contribution in [3.05, 3.63) is 88.0 Å². The van der Waals surface area contributed by atoms with Crippen molar-refractivity contribution in [2.75, 3.05) is 20.3 Å². The number of carbonyl (C=O) groups is 1. The van der Waals surface area contributed by atoms with Crippen molar-refractivity contribution in [1.82, 2.24) is 15.0 Å². The summed E-state index contributed by atoms with van der Waals surface area (Å²) >= 11 is 0. The Bertz CT molecular complexity index is 1430. The number of hydrogen-bond donors (Lipinski definition) is 1. The van der Waals surface area contributed by atoms with E-state index in [1.165, 1.54) is 0 Å². The largest absolute Gasteiger partial charge is 0.497 e. The van der Waals surface area contributed by atoms with Crippen LogP contribution in [0, 0.1) is 13.8 Å². The molecule has 0 fully saturated rings. The number of aliphatic hydroxyl groups excluding tert-OH is 1. The van der Waals surface area contributed by atoms with Crippen LogP contribution in [0.15, 0.2) is 54.6 Å². The Hall–Kier alpha value is -3.75. The molecule has 8 heteroatoms. The molecular weight excluding hydrogens is 518 g/mol. The van der Waals surface area contributed by atoms with E-state index >= 15 is 0 Å². The summed E-state index contributed by atoms with van der Waals surface area (Å²) in [6, 6.07) is 17.9. The normalized spacial score (nSPS) is 12.0. The van der Waals surface area contributed by atoms with E-state index in [1.807, 2.05) is 74.0 Å². The zero-order chi connectivity index (χ0) is 29.2. The summed E-state index contributed by atoms with van der Waals surface area (Å²) in [5.74, 6) is 0.108. The number of rotatable bonds is 15. The number of aryl methyl sites for hydroxylation is 3. The Morgan fingerprint density at radius 3 is 2.54 bits per heavy atom. The first-order chi connectivity index (χ1) is 19.9. The van der Waals surface area contributed by atoms with Crippen LogP contribution in [-0.4, -0.2) is 46.4 Å². The van der Waals surface area contributed by atoms with Gasteiger partial charge in [-0.1, -0.05) is 41.6 Å². The van der Waals surface area contributed by atoms with Crippen molar-refractivity contribution < 1.29 is 24.1 Å². The van der Waals surface area contributed by atoms with Gasteiger partial charge in [-0.25, -0.2) is 4.68 Å². The number of aliphatic hydroxyl groups is 1. The minimum Gasteiger partial charge on any atom is -0.497 e. The van der Waals surface area contributed by atoms with Crippen molar-refractivity contribution in [3.63, 3.8) is 0 Å². The third-order valence-electron chi connectivity index (χ3n) is 7.58. The standard InChI is InChI=1S/C33H41N3O5/c1-5-41-33(38)30(27-12-9-23(2)28(19-27)21-37)20-26-13-16-31-32(24(26)3)34-35-36(31)17-7-6-8-18-40-22-25-10-14-29(39-4)15-11-25/h9-16,19,30,37H,5-8,17-18,20-22H2,1-4H3. The van der Waals surface area contributed by atoms with Crippen molar-refractivity contribution >= 4 is 17.0 Å². The van der Waals surface area contributed by atoms with Crippen LogP contribution in [0.1, 0.15) is 65.5 Å². The highest BCUT2D eigenvalue weighted by Crippen LogP contribution is 2.29. The molecule has 0 aliphatic heterocycles. The zero-order valence-electron chi connectivity index (χ0n) is 24.6. The van der Waals surface area contributed by atoms with E-state index in [-0.39, 0.29) is 12.6 Å². The van der Waals surface area contributed by atoms with Crippen molar-refractivity contribution in [2.24, 2.45) is 0 Å². The molecule has 218 valence electrons. The minimum atomic E-state index is -0.473. The monoisotopic (exact) mass is 559 g/mol. The molecule has 0 radical (unpaired) electrons. The van der Waals surface area contributed by atoms with Crippen LogP contribution in [-0.2, 0) is 40.4 Å². The van der Waals surface area contributed by atoms with Gasteiger partial charge in [0.2, 0.25) is 0 Å². The number of hydrogen-bond acceptors (Lipinski definition) is 7. The third-order valence-corrected chi connectivity index (χ3v) is 7.58. The molecule has 4 aromatic rings. The molecule has 0 amide bonds. The lowest BCUT2D eigenvalue weighted by atomic mass is 9.88. The van der Waals surface area contributed by atoms with Crippen LogP contribution < -0.4 is 4.74 Å². The average molecular weight is 560 g/mol. The number of carbonyl (C=O) groups excluding carboxylic acids is 1. The maximum absolute atomic E-state index is 13.0. The van der Waals surface area contributed by atoms with E-state index in [1.54, 1.807) is 7.11 Å². The first kappa shape index (κ1) is 30.2. The Labute approximate surface area is 242 Å². The lowest BCUT2D eigenvalue weighted by molar-refractivity contribution is -0.144. The van der Waals surface area contributed by atoms with Gasteiger partial charge in [0.25, 0.3) is 0 Å². The molecular formula is C33H41N3O5. The van der Waals surface area contributed by atoms with Crippen LogP contribution in [0.5, 0.6) is 5.75 Å². The van der Waals surface area contributed by atoms with Crippen molar-refractivity contribution in [3.8, 4) is 5.75 Å². The van der Waals surface area contributed by atoms with Crippen LogP contribution in [0.2, 0.25) is 0 Å². The van der Waals surface area contributed by atoms with Crippen LogP contribution in [0.3, 0.4) is 0 Å². The Morgan fingerprint density at radius 2 is 1.80 bits per heavy atom. The quantitative estimate of drug-likeness (QED) is 0.145. The van der Waals surface area contributed by atoms with E-state index in [0.29, 0.717) is 19.6 Å². The molecule has 0 saturated heterocycles. The summed E-state index contributed by atoms with van der Waals surface area (Å²) in [4.78, 5) is 13.0. The molecule has 3 aromatic carbocycles. The maximum Gasteiger partial charge on any atom is 0.313 e. The summed E-state index contributed by atoms with van der Waals surface area (Å²) < 4.78 is 18.4. The average Bonchev–Trinajstić information content (AvgIpc) is 3.41. The fourth-order valence-electron chi connectivity index (χ4n) is 5.03. The van der Waals surface area contributed by atoms with Crippen molar-refractivity contribution in [1.29, 1.82) is 0 Å². The first-order valence-electron chi connectivity index (χ1n) is 14.3. The number of esters is 1. The molecule has 0 spiro atoms. The van der Waals surface area contributed by atoms with E-state index in [0.717, 1.165) is 82.6 Å². The lowest BCUT2D eigenvalue weighted by Gasteiger charge is -2.19. The number of nitrogens with zero attached hydrogens (tertiary/aromatic N) is 3. The smallest absolute Gasteiger partial charge is 0.313 e. The van der Waals surface area contributed by atoms with Crippen LogP contribution in [0.4, 0.5) is 0 Å². The molecule has 8 nitrogen and oxygen atoms in total. The maximum atomic E-state index is 13.0. The predicted molar refractivity (Wildman–Crippen MR) is 159 cm³/mol. The molecule has 1 atom stereocenters. The fourth-order valence-corrected chi connectivity index (χ4v) is 5.03. The van der Waals surface area contributed by atoms with Gasteiger partial charge in [-0.3, -0.25) is 4.79 Å². The second-order valence-corrected chi connectivity index (χ2v) is 10.3. The molecule has 1 heterocycles. The third kappa shape index (κ3) is 7.71. The van der Waals surface area contributed by atoms with Crippen molar-refractivity contribution in [2.45, 2.75) is 72.1 Å². The summed E-state index contributed by atoms with van der Waals surface area (Å²) in [7, 11) is 1.66. The summed E-state index contributed by atoms with van der Waals surface area (Å²) in [5.41, 5.74) is 7.68. The molecule has 0 aliphatic carbocycles.